The molecule has 0 aromatic carbocycles. The summed E-state index contributed by atoms with van der Waals surface area (Å²) in [5, 5.41) is 3.23. The second kappa shape index (κ2) is 6.73. The summed E-state index contributed by atoms with van der Waals surface area (Å²) in [6.45, 7) is 4.34. The topological polar surface area (TPSA) is 34.1 Å². The van der Waals surface area contributed by atoms with Gasteiger partial charge in [0.25, 0.3) is 0 Å². The van der Waals surface area contributed by atoms with Gasteiger partial charge in [0.15, 0.2) is 0 Å². The first-order valence-electron chi connectivity index (χ1n) is 5.80. The maximum Gasteiger partial charge on any atom is 0.138 e. The molecule has 2 aromatic rings. The van der Waals surface area contributed by atoms with Gasteiger partial charge in [0.2, 0.25) is 0 Å². The van der Waals surface area contributed by atoms with Crippen molar-refractivity contribution in [3.63, 3.8) is 0 Å². The van der Waals surface area contributed by atoms with Crippen LogP contribution in [0.3, 0.4) is 0 Å². The minimum atomic E-state index is 0.533. The molecule has 0 aliphatic heterocycles. The van der Waals surface area contributed by atoms with E-state index in [1.807, 2.05) is 24.3 Å². The summed E-state index contributed by atoms with van der Waals surface area (Å²) in [6.07, 6.45) is 1.75. The molecule has 96 valence electrons. The van der Waals surface area contributed by atoms with Crippen LogP contribution >= 0.6 is 22.9 Å². The summed E-state index contributed by atoms with van der Waals surface area (Å²) in [6, 6.07) is 7.76. The molecule has 0 saturated carbocycles. The second-order valence-electron chi connectivity index (χ2n) is 3.76. The fourth-order valence-corrected chi connectivity index (χ4v) is 2.44. The number of halogens is 1. The smallest absolute Gasteiger partial charge is 0.138 e. The summed E-state index contributed by atoms with van der Waals surface area (Å²) in [7, 11) is 0. The lowest BCUT2D eigenvalue weighted by Gasteiger charge is -2.05. The number of hydrogen-bond donors (Lipinski definition) is 1. The first-order valence-corrected chi connectivity index (χ1v) is 7.00. The molecular weight excluding hydrogens is 268 g/mol. The molecule has 0 fully saturated rings. The van der Waals surface area contributed by atoms with E-state index in [0.29, 0.717) is 6.61 Å². The highest BCUT2D eigenvalue weighted by atomic mass is 35.5. The van der Waals surface area contributed by atoms with Crippen LogP contribution in [0.1, 0.15) is 17.5 Å². The van der Waals surface area contributed by atoms with Gasteiger partial charge in [-0.3, -0.25) is 4.98 Å². The molecule has 1 N–H and O–H groups in total. The largest absolute Gasteiger partial charge is 0.486 e. The molecular formula is C13H15ClN2OS. The van der Waals surface area contributed by atoms with Crippen molar-refractivity contribution < 1.29 is 4.74 Å². The van der Waals surface area contributed by atoms with Crippen molar-refractivity contribution >= 4 is 22.9 Å². The Hall–Kier alpha value is -1.10. The third-order valence-corrected chi connectivity index (χ3v) is 3.57. The predicted octanol–water partition coefficient (Wildman–Crippen LogP) is 3.49. The van der Waals surface area contributed by atoms with E-state index in [1.54, 1.807) is 6.20 Å². The van der Waals surface area contributed by atoms with Crippen LogP contribution in [0.2, 0.25) is 4.34 Å². The van der Waals surface area contributed by atoms with E-state index >= 15 is 0 Å². The van der Waals surface area contributed by atoms with Crippen LogP contribution < -0.4 is 10.1 Å². The van der Waals surface area contributed by atoms with Crippen molar-refractivity contribution in [1.82, 2.24) is 10.3 Å². The molecule has 0 spiro atoms. The van der Waals surface area contributed by atoms with Crippen LogP contribution in [-0.2, 0) is 13.2 Å². The molecule has 0 bridgehead atoms. The first kappa shape index (κ1) is 13.3. The van der Waals surface area contributed by atoms with E-state index in [-0.39, 0.29) is 0 Å². The Kier molecular flexibility index (Phi) is 4.99. The Labute approximate surface area is 116 Å². The van der Waals surface area contributed by atoms with Crippen molar-refractivity contribution in [2.75, 3.05) is 6.54 Å². The van der Waals surface area contributed by atoms with Gasteiger partial charge in [0.05, 0.1) is 16.2 Å². The maximum absolute atomic E-state index is 5.86. The van der Waals surface area contributed by atoms with E-state index in [4.69, 9.17) is 16.3 Å². The molecule has 2 aromatic heterocycles. The highest BCUT2D eigenvalue weighted by Gasteiger charge is 2.00. The lowest BCUT2D eigenvalue weighted by molar-refractivity contribution is 0.308. The highest BCUT2D eigenvalue weighted by Crippen LogP contribution is 2.22. The molecule has 18 heavy (non-hydrogen) atoms. The molecule has 0 amide bonds. The number of nitrogens with one attached hydrogen (secondary N) is 1. The molecule has 0 aliphatic carbocycles. The van der Waals surface area contributed by atoms with Gasteiger partial charge in [-0.2, -0.15) is 0 Å². The molecule has 0 atom stereocenters. The third kappa shape index (κ3) is 3.98. The van der Waals surface area contributed by atoms with E-state index in [0.717, 1.165) is 33.7 Å². The number of rotatable bonds is 6. The second-order valence-corrected chi connectivity index (χ2v) is 5.56. The summed E-state index contributed by atoms with van der Waals surface area (Å²) >= 11 is 7.39. The Morgan fingerprint density at radius 3 is 2.83 bits per heavy atom. The van der Waals surface area contributed by atoms with Crippen LogP contribution in [0.25, 0.3) is 0 Å². The normalized spacial score (nSPS) is 10.6. The number of nitrogens with zero attached hydrogens (tertiary/aromatic N) is 1. The standard InChI is InChI=1S/C13H15ClN2OS/c1-2-15-7-10-3-4-11(8-16-10)17-9-12-5-6-13(14)18-12/h3-6,8,15H,2,7,9H2,1H3. The van der Waals surface area contributed by atoms with Crippen molar-refractivity contribution in [3.05, 3.63) is 45.4 Å². The maximum atomic E-state index is 5.86. The molecule has 0 aliphatic rings. The van der Waals surface area contributed by atoms with Gasteiger partial charge in [-0.05, 0) is 30.8 Å². The summed E-state index contributed by atoms with van der Waals surface area (Å²) in [5.41, 5.74) is 1.02. The number of ether oxygens (including phenoxy) is 1. The highest BCUT2D eigenvalue weighted by molar-refractivity contribution is 7.16. The Morgan fingerprint density at radius 2 is 2.22 bits per heavy atom. The van der Waals surface area contributed by atoms with Crippen LogP contribution in [0.4, 0.5) is 0 Å². The number of pyridine rings is 1. The van der Waals surface area contributed by atoms with Gasteiger partial charge in [-0.1, -0.05) is 18.5 Å². The zero-order valence-corrected chi connectivity index (χ0v) is 11.7. The third-order valence-electron chi connectivity index (χ3n) is 2.36. The van der Waals surface area contributed by atoms with Gasteiger partial charge in [-0.15, -0.1) is 11.3 Å². The minimum absolute atomic E-state index is 0.533. The fourth-order valence-electron chi connectivity index (χ4n) is 1.44. The van der Waals surface area contributed by atoms with Crippen LogP contribution in [0.15, 0.2) is 30.5 Å². The molecule has 3 nitrogen and oxygen atoms in total. The summed E-state index contributed by atoms with van der Waals surface area (Å²) in [4.78, 5) is 5.43. The number of thiophene rings is 1. The van der Waals surface area contributed by atoms with Gasteiger partial charge in [-0.25, -0.2) is 0 Å². The Morgan fingerprint density at radius 1 is 1.33 bits per heavy atom. The lowest BCUT2D eigenvalue weighted by atomic mass is 10.3. The van der Waals surface area contributed by atoms with Gasteiger partial charge >= 0.3 is 0 Å². The fraction of sp³-hybridized carbons (Fsp3) is 0.308. The molecule has 5 heteroatoms. The van der Waals surface area contributed by atoms with E-state index < -0.39 is 0 Å². The average Bonchev–Trinajstić information content (AvgIpc) is 2.81. The Bertz CT molecular complexity index is 484. The molecule has 0 radical (unpaired) electrons. The van der Waals surface area contributed by atoms with Crippen molar-refractivity contribution in [1.29, 1.82) is 0 Å². The first-order chi connectivity index (χ1) is 8.78. The van der Waals surface area contributed by atoms with Crippen LogP contribution in [0, 0.1) is 0 Å². The number of hydrogen-bond acceptors (Lipinski definition) is 4. The monoisotopic (exact) mass is 282 g/mol. The Balaban J connectivity index is 1.86. The van der Waals surface area contributed by atoms with Gasteiger partial charge in [0.1, 0.15) is 12.4 Å². The van der Waals surface area contributed by atoms with E-state index in [2.05, 4.69) is 17.2 Å². The number of aromatic nitrogens is 1. The SMILES string of the molecule is CCNCc1ccc(OCc2ccc(Cl)s2)cn1. The van der Waals surface area contributed by atoms with Crippen molar-refractivity contribution in [2.24, 2.45) is 0 Å². The zero-order chi connectivity index (χ0) is 12.8. The lowest BCUT2D eigenvalue weighted by Crippen LogP contribution is -2.12. The summed E-state index contributed by atoms with van der Waals surface area (Å²) in [5.74, 6) is 0.778. The average molecular weight is 283 g/mol. The van der Waals surface area contributed by atoms with E-state index in [1.165, 1.54) is 11.3 Å². The van der Waals surface area contributed by atoms with Gasteiger partial charge < -0.3 is 10.1 Å². The molecule has 0 saturated heterocycles. The molecule has 0 unspecified atom stereocenters. The van der Waals surface area contributed by atoms with Crippen LogP contribution in [0.5, 0.6) is 5.75 Å². The molecule has 2 rings (SSSR count). The van der Waals surface area contributed by atoms with Crippen molar-refractivity contribution in [3.8, 4) is 5.75 Å². The molecule has 2 heterocycles. The quantitative estimate of drug-likeness (QED) is 0.881. The predicted molar refractivity (Wildman–Crippen MR) is 75.3 cm³/mol. The van der Waals surface area contributed by atoms with Crippen molar-refractivity contribution in [2.45, 2.75) is 20.1 Å². The van der Waals surface area contributed by atoms with E-state index in [9.17, 15) is 0 Å². The van der Waals surface area contributed by atoms with Crippen LogP contribution in [-0.4, -0.2) is 11.5 Å². The summed E-state index contributed by atoms with van der Waals surface area (Å²) < 4.78 is 6.42. The minimum Gasteiger partial charge on any atom is -0.486 e. The van der Waals surface area contributed by atoms with Gasteiger partial charge in [0, 0.05) is 11.4 Å². The zero-order valence-electron chi connectivity index (χ0n) is 10.1.